The highest BCUT2D eigenvalue weighted by atomic mass is 35.5. The first kappa shape index (κ1) is 15.3. The fraction of sp³-hybridized carbons (Fsp3) is 0.500. The molecule has 2 aliphatic heterocycles. The van der Waals surface area contributed by atoms with E-state index in [9.17, 15) is 9.90 Å². The summed E-state index contributed by atoms with van der Waals surface area (Å²) in [5.41, 5.74) is 2.91. The molecule has 1 aromatic rings. The molecule has 1 fully saturated rings. The number of hydrogen-bond donors (Lipinski definition) is 3. The number of hydrogen-bond acceptors (Lipinski definition) is 4. The SMILES string of the molecule is Cl.O=C(NCC1CNCC1O)c1ccc2c(c1)COC2. The van der Waals surface area contributed by atoms with Crippen molar-refractivity contribution in [2.45, 2.75) is 19.3 Å². The average molecular weight is 299 g/mol. The number of nitrogens with one attached hydrogen (secondary N) is 2. The maximum Gasteiger partial charge on any atom is 0.251 e. The molecule has 1 amide bonds. The van der Waals surface area contributed by atoms with Crippen molar-refractivity contribution >= 4 is 18.3 Å². The second-order valence-electron chi connectivity index (χ2n) is 5.17. The van der Waals surface area contributed by atoms with Crippen molar-refractivity contribution in [1.29, 1.82) is 0 Å². The van der Waals surface area contributed by atoms with Crippen LogP contribution in [0.25, 0.3) is 0 Å². The van der Waals surface area contributed by atoms with Crippen LogP contribution in [-0.2, 0) is 18.0 Å². The standard InChI is InChI=1S/C14H18N2O3.ClH/c17-13-6-15-4-12(13)5-16-14(18)9-1-2-10-7-19-8-11(10)3-9;/h1-3,12-13,15,17H,4-8H2,(H,16,18);1H. The lowest BCUT2D eigenvalue weighted by Gasteiger charge is -2.14. The van der Waals surface area contributed by atoms with Crippen molar-refractivity contribution in [3.63, 3.8) is 0 Å². The lowest BCUT2D eigenvalue weighted by Crippen LogP contribution is -2.34. The molecule has 0 spiro atoms. The van der Waals surface area contributed by atoms with Crippen molar-refractivity contribution in [1.82, 2.24) is 10.6 Å². The zero-order valence-electron chi connectivity index (χ0n) is 11.1. The molecule has 0 radical (unpaired) electrons. The van der Waals surface area contributed by atoms with E-state index in [-0.39, 0.29) is 30.3 Å². The number of aliphatic hydroxyl groups excluding tert-OH is 1. The van der Waals surface area contributed by atoms with E-state index >= 15 is 0 Å². The van der Waals surface area contributed by atoms with Gasteiger partial charge in [0.05, 0.1) is 19.3 Å². The third-order valence-corrected chi connectivity index (χ3v) is 3.81. The zero-order valence-corrected chi connectivity index (χ0v) is 11.9. The summed E-state index contributed by atoms with van der Waals surface area (Å²) in [5, 5.41) is 15.7. The zero-order chi connectivity index (χ0) is 13.2. The molecule has 110 valence electrons. The van der Waals surface area contributed by atoms with E-state index in [2.05, 4.69) is 10.6 Å². The number of rotatable bonds is 3. The van der Waals surface area contributed by atoms with Crippen LogP contribution in [0.15, 0.2) is 18.2 Å². The van der Waals surface area contributed by atoms with Crippen LogP contribution in [0.3, 0.4) is 0 Å². The van der Waals surface area contributed by atoms with Crippen LogP contribution >= 0.6 is 12.4 Å². The fourth-order valence-electron chi connectivity index (χ4n) is 2.57. The van der Waals surface area contributed by atoms with E-state index < -0.39 is 0 Å². The van der Waals surface area contributed by atoms with Gasteiger partial charge in [-0.05, 0) is 23.3 Å². The molecular weight excluding hydrogens is 280 g/mol. The van der Waals surface area contributed by atoms with Gasteiger partial charge in [0.1, 0.15) is 0 Å². The Morgan fingerprint density at radius 2 is 2.15 bits per heavy atom. The number of fused-ring (bicyclic) bond motifs is 1. The lowest BCUT2D eigenvalue weighted by atomic mass is 10.0. The topological polar surface area (TPSA) is 70.6 Å². The number of halogens is 1. The summed E-state index contributed by atoms with van der Waals surface area (Å²) in [6, 6.07) is 5.66. The highest BCUT2D eigenvalue weighted by molar-refractivity contribution is 5.94. The highest BCUT2D eigenvalue weighted by Crippen LogP contribution is 2.20. The Labute approximate surface area is 124 Å². The van der Waals surface area contributed by atoms with Gasteiger partial charge in [-0.15, -0.1) is 12.4 Å². The van der Waals surface area contributed by atoms with Gasteiger partial charge in [-0.1, -0.05) is 6.07 Å². The molecule has 0 bridgehead atoms. The maximum absolute atomic E-state index is 12.1. The van der Waals surface area contributed by atoms with Gasteiger partial charge in [0.2, 0.25) is 0 Å². The molecule has 5 nitrogen and oxygen atoms in total. The molecule has 0 aliphatic carbocycles. The third kappa shape index (κ3) is 3.12. The molecule has 6 heteroatoms. The molecule has 20 heavy (non-hydrogen) atoms. The minimum Gasteiger partial charge on any atom is -0.391 e. The Kier molecular flexibility index (Phi) is 4.99. The molecule has 3 N–H and O–H groups in total. The number of benzene rings is 1. The molecule has 1 saturated heterocycles. The maximum atomic E-state index is 12.1. The predicted molar refractivity (Wildman–Crippen MR) is 76.9 cm³/mol. The van der Waals surface area contributed by atoms with Gasteiger partial charge in [-0.3, -0.25) is 4.79 Å². The molecule has 2 aliphatic rings. The highest BCUT2D eigenvalue weighted by Gasteiger charge is 2.25. The Hall–Kier alpha value is -1.14. The monoisotopic (exact) mass is 298 g/mol. The fourth-order valence-corrected chi connectivity index (χ4v) is 2.57. The third-order valence-electron chi connectivity index (χ3n) is 3.81. The van der Waals surface area contributed by atoms with E-state index in [1.165, 1.54) is 0 Å². The summed E-state index contributed by atoms with van der Waals surface area (Å²) in [4.78, 5) is 12.1. The van der Waals surface area contributed by atoms with Gasteiger partial charge in [0.15, 0.2) is 0 Å². The number of carbonyl (C=O) groups excluding carboxylic acids is 1. The molecular formula is C14H19ClN2O3. The van der Waals surface area contributed by atoms with Crippen molar-refractivity contribution < 1.29 is 14.6 Å². The summed E-state index contributed by atoms with van der Waals surface area (Å²) < 4.78 is 5.33. The van der Waals surface area contributed by atoms with Crippen molar-refractivity contribution in [3.8, 4) is 0 Å². The first-order valence-electron chi connectivity index (χ1n) is 6.60. The minimum atomic E-state index is -0.367. The number of aliphatic hydroxyl groups is 1. The number of carbonyl (C=O) groups is 1. The minimum absolute atomic E-state index is 0. The quantitative estimate of drug-likeness (QED) is 0.758. The van der Waals surface area contributed by atoms with Crippen molar-refractivity contribution in [3.05, 3.63) is 34.9 Å². The van der Waals surface area contributed by atoms with Crippen molar-refractivity contribution in [2.24, 2.45) is 5.92 Å². The van der Waals surface area contributed by atoms with Crippen LogP contribution in [0.4, 0.5) is 0 Å². The summed E-state index contributed by atoms with van der Waals surface area (Å²) in [5.74, 6) is 0.00973. The van der Waals surface area contributed by atoms with Crippen LogP contribution in [0.2, 0.25) is 0 Å². The first-order valence-corrected chi connectivity index (χ1v) is 6.60. The van der Waals surface area contributed by atoms with Gasteiger partial charge in [-0.2, -0.15) is 0 Å². The second-order valence-corrected chi connectivity index (χ2v) is 5.17. The largest absolute Gasteiger partial charge is 0.391 e. The summed E-state index contributed by atoms with van der Waals surface area (Å²) in [6.07, 6.45) is -0.367. The van der Waals surface area contributed by atoms with E-state index in [1.807, 2.05) is 18.2 Å². The Morgan fingerprint density at radius 3 is 2.90 bits per heavy atom. The van der Waals surface area contributed by atoms with Gasteiger partial charge in [0.25, 0.3) is 5.91 Å². The van der Waals surface area contributed by atoms with Crippen LogP contribution in [0.1, 0.15) is 21.5 Å². The molecule has 0 saturated carbocycles. The van der Waals surface area contributed by atoms with E-state index in [0.29, 0.717) is 31.9 Å². The molecule has 2 heterocycles. The van der Waals surface area contributed by atoms with E-state index in [4.69, 9.17) is 4.74 Å². The normalized spacial score (nSPS) is 24.1. The smallest absolute Gasteiger partial charge is 0.251 e. The summed E-state index contributed by atoms with van der Waals surface area (Å²) in [7, 11) is 0. The van der Waals surface area contributed by atoms with Gasteiger partial charge < -0.3 is 20.5 Å². The van der Waals surface area contributed by atoms with Crippen LogP contribution in [0, 0.1) is 5.92 Å². The number of ether oxygens (including phenoxy) is 1. The van der Waals surface area contributed by atoms with Crippen LogP contribution < -0.4 is 10.6 Å². The molecule has 0 aromatic heterocycles. The predicted octanol–water partition coefficient (Wildman–Crippen LogP) is 0.449. The molecule has 3 rings (SSSR count). The number of β-amino-alcohol motifs (C(OH)–C–C–N with tert-alkyl or cyclic N) is 1. The summed E-state index contributed by atoms with van der Waals surface area (Å²) >= 11 is 0. The average Bonchev–Trinajstić information content (AvgIpc) is 3.03. The molecule has 2 unspecified atom stereocenters. The van der Waals surface area contributed by atoms with Crippen LogP contribution in [0.5, 0.6) is 0 Å². The Balaban J connectivity index is 0.00000147. The lowest BCUT2D eigenvalue weighted by molar-refractivity contribution is 0.0927. The van der Waals surface area contributed by atoms with Crippen molar-refractivity contribution in [2.75, 3.05) is 19.6 Å². The number of amides is 1. The molecule has 1 aromatic carbocycles. The van der Waals surface area contributed by atoms with Crippen LogP contribution in [-0.4, -0.2) is 36.8 Å². The van der Waals surface area contributed by atoms with E-state index in [0.717, 1.165) is 17.7 Å². The second kappa shape index (κ2) is 6.54. The summed E-state index contributed by atoms with van der Waals surface area (Å²) in [6.45, 7) is 3.08. The Morgan fingerprint density at radius 1 is 1.35 bits per heavy atom. The van der Waals surface area contributed by atoms with E-state index in [1.54, 1.807) is 0 Å². The Bertz CT molecular complexity index is 495. The molecule has 2 atom stereocenters. The van der Waals surface area contributed by atoms with Gasteiger partial charge >= 0.3 is 0 Å². The first-order chi connectivity index (χ1) is 9.24. The van der Waals surface area contributed by atoms with Gasteiger partial charge in [0, 0.05) is 31.1 Å². The van der Waals surface area contributed by atoms with Gasteiger partial charge in [-0.25, -0.2) is 0 Å².